The van der Waals surface area contributed by atoms with E-state index in [2.05, 4.69) is 38.2 Å². The highest BCUT2D eigenvalue weighted by molar-refractivity contribution is 7.07. The lowest BCUT2D eigenvalue weighted by Gasteiger charge is -2.42. The van der Waals surface area contributed by atoms with Crippen molar-refractivity contribution in [3.63, 3.8) is 0 Å². The Bertz CT molecular complexity index is 1100. The zero-order valence-corrected chi connectivity index (χ0v) is 21.6. The summed E-state index contributed by atoms with van der Waals surface area (Å²) in [6.45, 7) is 5.36. The summed E-state index contributed by atoms with van der Waals surface area (Å²) in [6, 6.07) is 18.1. The van der Waals surface area contributed by atoms with Crippen molar-refractivity contribution in [2.24, 2.45) is 0 Å². The quantitative estimate of drug-likeness (QED) is 0.332. The molecule has 5 nitrogen and oxygen atoms in total. The minimum atomic E-state index is -4.70. The number of amides is 1. The Balaban J connectivity index is 1.32. The van der Waals surface area contributed by atoms with Crippen molar-refractivity contribution in [1.82, 2.24) is 10.2 Å². The first-order valence-electron chi connectivity index (χ1n) is 12.5. The van der Waals surface area contributed by atoms with Gasteiger partial charge in [0.15, 0.2) is 0 Å². The second-order valence-electron chi connectivity index (χ2n) is 9.33. The number of halogens is 3. The monoisotopic (exact) mass is 531 g/mol. The minimum Gasteiger partial charge on any atom is -0.406 e. The Labute approximate surface area is 219 Å². The Kier molecular flexibility index (Phi) is 9.10. The molecule has 1 aliphatic heterocycles. The molecule has 1 N–H and O–H groups in total. The molecular weight excluding hydrogens is 499 g/mol. The van der Waals surface area contributed by atoms with E-state index in [0.717, 1.165) is 38.0 Å². The molecule has 0 radical (unpaired) electrons. The highest BCUT2D eigenvalue weighted by Crippen LogP contribution is 2.30. The number of nitrogens with one attached hydrogen (secondary N) is 1. The van der Waals surface area contributed by atoms with Crippen LogP contribution in [0.2, 0.25) is 0 Å². The second kappa shape index (κ2) is 12.5. The van der Waals surface area contributed by atoms with E-state index in [0.29, 0.717) is 24.7 Å². The molecule has 0 unspecified atom stereocenters. The van der Waals surface area contributed by atoms with E-state index in [1.165, 1.54) is 17.7 Å². The summed E-state index contributed by atoms with van der Waals surface area (Å²) in [5.41, 5.74) is 2.74. The van der Waals surface area contributed by atoms with Gasteiger partial charge < -0.3 is 19.9 Å². The van der Waals surface area contributed by atoms with Crippen LogP contribution in [0.15, 0.2) is 71.4 Å². The molecular formula is C28H32F3N3O2S. The summed E-state index contributed by atoms with van der Waals surface area (Å²) in [5, 5.41) is 7.15. The van der Waals surface area contributed by atoms with Crippen molar-refractivity contribution in [2.45, 2.75) is 51.2 Å². The standard InChI is InChI=1S/C28H32F3N3O2S/c1-21(11-15-32-27(35)23-5-3-2-4-6-23)33-16-12-25(13-17-33)34(19-22-14-18-37-20-22)24-7-9-26(10-8-24)36-28(29,30)31/h2-10,14,18,20-21,25H,11-13,15-17,19H2,1H3,(H,32,35)/t21-/m1/s1. The van der Waals surface area contributed by atoms with Gasteiger partial charge in [0.05, 0.1) is 0 Å². The number of rotatable bonds is 10. The third kappa shape index (κ3) is 7.97. The van der Waals surface area contributed by atoms with Gasteiger partial charge in [0.1, 0.15) is 5.75 Å². The van der Waals surface area contributed by atoms with Crippen LogP contribution < -0.4 is 15.0 Å². The van der Waals surface area contributed by atoms with Crippen LogP contribution in [0.3, 0.4) is 0 Å². The van der Waals surface area contributed by atoms with Crippen LogP contribution in [0, 0.1) is 0 Å². The molecule has 1 saturated heterocycles. The Morgan fingerprint density at radius 3 is 2.43 bits per heavy atom. The average molecular weight is 532 g/mol. The number of benzene rings is 2. The number of thiophene rings is 1. The van der Waals surface area contributed by atoms with Gasteiger partial charge in [-0.05, 0) is 85.0 Å². The molecule has 0 bridgehead atoms. The third-order valence-corrected chi connectivity index (χ3v) is 7.51. The molecule has 1 atom stereocenters. The number of carbonyl (C=O) groups excluding carboxylic acids is 1. The molecule has 2 aromatic carbocycles. The van der Waals surface area contributed by atoms with Gasteiger partial charge in [-0.1, -0.05) is 18.2 Å². The van der Waals surface area contributed by atoms with Gasteiger partial charge in [-0.2, -0.15) is 11.3 Å². The van der Waals surface area contributed by atoms with E-state index < -0.39 is 6.36 Å². The molecule has 1 aliphatic rings. The van der Waals surface area contributed by atoms with Gasteiger partial charge in [0.2, 0.25) is 0 Å². The number of ether oxygens (including phenoxy) is 1. The smallest absolute Gasteiger partial charge is 0.406 e. The van der Waals surface area contributed by atoms with Crippen molar-refractivity contribution in [2.75, 3.05) is 24.5 Å². The molecule has 3 aromatic rings. The van der Waals surface area contributed by atoms with Gasteiger partial charge in [0.25, 0.3) is 5.91 Å². The number of hydrogen-bond donors (Lipinski definition) is 1. The number of carbonyl (C=O) groups is 1. The lowest BCUT2D eigenvalue weighted by Crippen LogP contribution is -2.48. The highest BCUT2D eigenvalue weighted by atomic mass is 32.1. The van der Waals surface area contributed by atoms with Crippen molar-refractivity contribution >= 4 is 22.9 Å². The fourth-order valence-corrected chi connectivity index (χ4v) is 5.42. The molecule has 0 aliphatic carbocycles. The van der Waals surface area contributed by atoms with Gasteiger partial charge >= 0.3 is 6.36 Å². The van der Waals surface area contributed by atoms with Gasteiger partial charge in [-0.25, -0.2) is 0 Å². The molecule has 2 heterocycles. The van der Waals surface area contributed by atoms with Crippen LogP contribution in [-0.2, 0) is 6.54 Å². The number of alkyl halides is 3. The largest absolute Gasteiger partial charge is 0.573 e. The summed E-state index contributed by atoms with van der Waals surface area (Å²) >= 11 is 1.63. The summed E-state index contributed by atoms with van der Waals surface area (Å²) in [7, 11) is 0. The first kappa shape index (κ1) is 27.0. The zero-order valence-electron chi connectivity index (χ0n) is 20.8. The van der Waals surface area contributed by atoms with E-state index in [-0.39, 0.29) is 17.7 Å². The zero-order chi connectivity index (χ0) is 26.3. The van der Waals surface area contributed by atoms with Crippen LogP contribution in [-0.4, -0.2) is 48.9 Å². The lowest BCUT2D eigenvalue weighted by molar-refractivity contribution is -0.274. The van der Waals surface area contributed by atoms with E-state index >= 15 is 0 Å². The number of hydrogen-bond acceptors (Lipinski definition) is 5. The second-order valence-corrected chi connectivity index (χ2v) is 10.1. The number of likely N-dealkylation sites (tertiary alicyclic amines) is 1. The van der Waals surface area contributed by atoms with Crippen molar-refractivity contribution in [3.05, 3.63) is 82.6 Å². The van der Waals surface area contributed by atoms with E-state index in [1.54, 1.807) is 23.5 Å². The van der Waals surface area contributed by atoms with Crippen LogP contribution in [0.5, 0.6) is 5.75 Å². The molecule has 9 heteroatoms. The van der Waals surface area contributed by atoms with Crippen molar-refractivity contribution in [1.29, 1.82) is 0 Å². The molecule has 0 saturated carbocycles. The molecule has 1 aromatic heterocycles. The average Bonchev–Trinajstić information content (AvgIpc) is 3.41. The Hall–Kier alpha value is -3.04. The number of anilines is 1. The Morgan fingerprint density at radius 2 is 1.81 bits per heavy atom. The first-order chi connectivity index (χ1) is 17.8. The fraction of sp³-hybridized carbons (Fsp3) is 0.393. The SMILES string of the molecule is C[C@H](CCNC(=O)c1ccccc1)N1CCC(N(Cc2ccsc2)c2ccc(OC(F)(F)F)cc2)CC1. The van der Waals surface area contributed by atoms with Crippen LogP contribution in [0.25, 0.3) is 0 Å². The predicted molar refractivity (Wildman–Crippen MR) is 141 cm³/mol. The number of nitrogens with zero attached hydrogens (tertiary/aromatic N) is 2. The topological polar surface area (TPSA) is 44.8 Å². The molecule has 37 heavy (non-hydrogen) atoms. The van der Waals surface area contributed by atoms with Gasteiger partial charge in [0, 0.05) is 49.5 Å². The normalized spacial score (nSPS) is 15.8. The fourth-order valence-electron chi connectivity index (χ4n) is 4.76. The third-order valence-electron chi connectivity index (χ3n) is 6.78. The van der Waals surface area contributed by atoms with Crippen LogP contribution >= 0.6 is 11.3 Å². The highest BCUT2D eigenvalue weighted by Gasteiger charge is 2.31. The number of piperidine rings is 1. The summed E-state index contributed by atoms with van der Waals surface area (Å²) in [6.07, 6.45) is -1.94. The first-order valence-corrected chi connectivity index (χ1v) is 13.4. The maximum atomic E-state index is 12.6. The van der Waals surface area contributed by atoms with Gasteiger partial charge in [-0.15, -0.1) is 13.2 Å². The molecule has 4 rings (SSSR count). The maximum absolute atomic E-state index is 12.6. The lowest BCUT2D eigenvalue weighted by atomic mass is 9.99. The van der Waals surface area contributed by atoms with E-state index in [9.17, 15) is 18.0 Å². The summed E-state index contributed by atoms with van der Waals surface area (Å²) < 4.78 is 41.8. The van der Waals surface area contributed by atoms with E-state index in [4.69, 9.17) is 0 Å². The van der Waals surface area contributed by atoms with Crippen molar-refractivity contribution in [3.8, 4) is 5.75 Å². The Morgan fingerprint density at radius 1 is 1.11 bits per heavy atom. The molecule has 1 amide bonds. The van der Waals surface area contributed by atoms with Gasteiger partial charge in [-0.3, -0.25) is 4.79 Å². The van der Waals surface area contributed by atoms with E-state index in [1.807, 2.05) is 35.7 Å². The summed E-state index contributed by atoms with van der Waals surface area (Å²) in [5.74, 6) is -0.267. The molecule has 0 spiro atoms. The molecule has 198 valence electrons. The predicted octanol–water partition coefficient (Wildman–Crippen LogP) is 6.33. The summed E-state index contributed by atoms with van der Waals surface area (Å²) in [4.78, 5) is 17.0. The molecule has 1 fully saturated rings. The maximum Gasteiger partial charge on any atom is 0.573 e. The van der Waals surface area contributed by atoms with Crippen LogP contribution in [0.1, 0.15) is 42.1 Å². The minimum absolute atomic E-state index is 0.0535. The van der Waals surface area contributed by atoms with Crippen molar-refractivity contribution < 1.29 is 22.7 Å². The van der Waals surface area contributed by atoms with Crippen LogP contribution in [0.4, 0.5) is 18.9 Å².